The molecule has 23 heavy (non-hydrogen) atoms. The third-order valence-corrected chi connectivity index (χ3v) is 3.88. The molecule has 1 aliphatic heterocycles. The van der Waals surface area contributed by atoms with E-state index in [1.807, 2.05) is 12.1 Å². The quantitative estimate of drug-likeness (QED) is 0.782. The smallest absolute Gasteiger partial charge is 0.252 e. The van der Waals surface area contributed by atoms with Crippen molar-refractivity contribution in [3.05, 3.63) is 23.9 Å². The Morgan fingerprint density at radius 3 is 2.70 bits per heavy atom. The van der Waals surface area contributed by atoms with E-state index in [0.29, 0.717) is 18.2 Å². The lowest BCUT2D eigenvalue weighted by atomic mass is 10.2. The second-order valence-electron chi connectivity index (χ2n) is 5.49. The second-order valence-corrected chi connectivity index (χ2v) is 5.49. The number of aromatic nitrogens is 1. The highest BCUT2D eigenvalue weighted by Crippen LogP contribution is 2.12. The van der Waals surface area contributed by atoms with Crippen molar-refractivity contribution in [2.75, 3.05) is 31.1 Å². The van der Waals surface area contributed by atoms with Gasteiger partial charge in [0.1, 0.15) is 5.82 Å². The number of nitrogens with zero attached hydrogens (tertiary/aromatic N) is 2. The summed E-state index contributed by atoms with van der Waals surface area (Å²) in [7, 11) is 0. The minimum atomic E-state index is -0.0405. The fourth-order valence-corrected chi connectivity index (χ4v) is 2.66. The summed E-state index contributed by atoms with van der Waals surface area (Å²) in [5.74, 6) is 0.898. The van der Waals surface area contributed by atoms with Gasteiger partial charge in [-0.05, 0) is 44.9 Å². The number of pyridine rings is 1. The number of amides is 1. The summed E-state index contributed by atoms with van der Waals surface area (Å²) in [5, 5.41) is 6.35. The highest BCUT2D eigenvalue weighted by atomic mass is 35.5. The summed E-state index contributed by atoms with van der Waals surface area (Å²) in [6.45, 7) is 7.94. The lowest BCUT2D eigenvalue weighted by Crippen LogP contribution is -2.37. The molecule has 2 heterocycles. The molecule has 0 aliphatic carbocycles. The van der Waals surface area contributed by atoms with Crippen LogP contribution in [0.15, 0.2) is 18.3 Å². The zero-order valence-electron chi connectivity index (χ0n) is 13.9. The Kier molecular flexibility index (Phi) is 11.0. The maximum absolute atomic E-state index is 12.1. The Labute approximate surface area is 151 Å². The van der Waals surface area contributed by atoms with Crippen molar-refractivity contribution in [1.29, 1.82) is 0 Å². The Balaban J connectivity index is 0.00000242. The minimum Gasteiger partial charge on any atom is -0.357 e. The lowest BCUT2D eigenvalue weighted by molar-refractivity contribution is 0.0950. The number of anilines is 1. The van der Waals surface area contributed by atoms with E-state index in [0.717, 1.165) is 38.3 Å². The fourth-order valence-electron chi connectivity index (χ4n) is 2.66. The Bertz CT molecular complexity index is 450. The number of hydrogen-bond acceptors (Lipinski definition) is 4. The molecule has 2 N–H and O–H groups in total. The van der Waals surface area contributed by atoms with Crippen LogP contribution in [0.25, 0.3) is 0 Å². The van der Waals surface area contributed by atoms with Crippen LogP contribution in [-0.2, 0) is 0 Å². The summed E-state index contributed by atoms with van der Waals surface area (Å²) in [6.07, 6.45) is 5.10. The SMILES string of the molecule is CCCN(CC)c1ccc(C(=O)NCC2CCCN2)cn1.Cl.Cl. The van der Waals surface area contributed by atoms with Gasteiger partial charge in [-0.15, -0.1) is 24.8 Å². The summed E-state index contributed by atoms with van der Waals surface area (Å²) in [5.41, 5.74) is 0.629. The summed E-state index contributed by atoms with van der Waals surface area (Å²) >= 11 is 0. The summed E-state index contributed by atoms with van der Waals surface area (Å²) < 4.78 is 0. The monoisotopic (exact) mass is 362 g/mol. The number of halogens is 2. The highest BCUT2D eigenvalue weighted by molar-refractivity contribution is 5.94. The number of hydrogen-bond donors (Lipinski definition) is 2. The van der Waals surface area contributed by atoms with Crippen LogP contribution < -0.4 is 15.5 Å². The largest absolute Gasteiger partial charge is 0.357 e. The lowest BCUT2D eigenvalue weighted by Gasteiger charge is -2.21. The van der Waals surface area contributed by atoms with E-state index < -0.39 is 0 Å². The van der Waals surface area contributed by atoms with Gasteiger partial charge < -0.3 is 15.5 Å². The topological polar surface area (TPSA) is 57.3 Å². The van der Waals surface area contributed by atoms with Crippen LogP contribution in [0.5, 0.6) is 0 Å². The van der Waals surface area contributed by atoms with Crippen LogP contribution in [0.4, 0.5) is 5.82 Å². The average Bonchev–Trinajstić information content (AvgIpc) is 3.04. The molecule has 0 bridgehead atoms. The number of carbonyl (C=O) groups excluding carboxylic acids is 1. The van der Waals surface area contributed by atoms with Crippen LogP contribution >= 0.6 is 24.8 Å². The van der Waals surface area contributed by atoms with E-state index in [1.54, 1.807) is 6.20 Å². The van der Waals surface area contributed by atoms with Crippen LogP contribution in [0.1, 0.15) is 43.5 Å². The molecule has 1 fully saturated rings. The van der Waals surface area contributed by atoms with Crippen molar-refractivity contribution in [3.63, 3.8) is 0 Å². The molecule has 0 spiro atoms. The summed E-state index contributed by atoms with van der Waals surface area (Å²) in [4.78, 5) is 18.7. The first-order chi connectivity index (χ1) is 10.2. The van der Waals surface area contributed by atoms with E-state index in [-0.39, 0.29) is 30.7 Å². The standard InChI is InChI=1S/C16H26N4O.2ClH/c1-3-10-20(4-2)15-8-7-13(11-18-15)16(21)19-12-14-6-5-9-17-14;;/h7-8,11,14,17H,3-6,9-10,12H2,1-2H3,(H,19,21);2*1H. The predicted octanol–water partition coefficient (Wildman–Crippen LogP) is 2.64. The second kappa shape index (κ2) is 11.5. The van der Waals surface area contributed by atoms with Crippen molar-refractivity contribution in [2.45, 2.75) is 39.2 Å². The van der Waals surface area contributed by atoms with Crippen molar-refractivity contribution >= 4 is 36.5 Å². The van der Waals surface area contributed by atoms with Gasteiger partial charge in [-0.1, -0.05) is 6.92 Å². The maximum Gasteiger partial charge on any atom is 0.252 e. The minimum absolute atomic E-state index is 0. The van der Waals surface area contributed by atoms with E-state index in [1.165, 1.54) is 6.42 Å². The fraction of sp³-hybridized carbons (Fsp3) is 0.625. The molecular formula is C16H28Cl2N4O. The molecule has 132 valence electrons. The molecule has 0 aromatic carbocycles. The Morgan fingerprint density at radius 2 is 2.17 bits per heavy atom. The number of nitrogens with one attached hydrogen (secondary N) is 2. The number of carbonyl (C=O) groups is 1. The molecule has 1 aliphatic rings. The average molecular weight is 363 g/mol. The van der Waals surface area contributed by atoms with Gasteiger partial charge in [-0.3, -0.25) is 4.79 Å². The molecule has 0 radical (unpaired) electrons. The molecule has 7 heteroatoms. The Hall–Kier alpha value is -1.04. The molecule has 2 rings (SSSR count). The molecule has 1 saturated heterocycles. The predicted molar refractivity (Wildman–Crippen MR) is 100 cm³/mol. The molecule has 1 amide bonds. The van der Waals surface area contributed by atoms with E-state index in [9.17, 15) is 4.79 Å². The zero-order chi connectivity index (χ0) is 15.1. The van der Waals surface area contributed by atoms with E-state index in [4.69, 9.17) is 0 Å². The molecule has 0 saturated carbocycles. The number of rotatable bonds is 7. The first-order valence-corrected chi connectivity index (χ1v) is 7.97. The van der Waals surface area contributed by atoms with Gasteiger partial charge in [0.25, 0.3) is 5.91 Å². The van der Waals surface area contributed by atoms with E-state index >= 15 is 0 Å². The molecule has 1 atom stereocenters. The van der Waals surface area contributed by atoms with E-state index in [2.05, 4.69) is 34.4 Å². The summed E-state index contributed by atoms with van der Waals surface area (Å²) in [6, 6.07) is 4.21. The first kappa shape index (κ1) is 22.0. The molecular weight excluding hydrogens is 335 g/mol. The van der Waals surface area contributed by atoms with Crippen LogP contribution in [0.3, 0.4) is 0 Å². The highest BCUT2D eigenvalue weighted by Gasteiger charge is 2.15. The molecule has 5 nitrogen and oxygen atoms in total. The van der Waals surface area contributed by atoms with Crippen LogP contribution in [-0.4, -0.2) is 43.1 Å². The molecule has 1 aromatic rings. The third kappa shape index (κ3) is 6.53. The van der Waals surface area contributed by atoms with Crippen LogP contribution in [0, 0.1) is 0 Å². The third-order valence-electron chi connectivity index (χ3n) is 3.88. The van der Waals surface area contributed by atoms with Crippen molar-refractivity contribution < 1.29 is 4.79 Å². The zero-order valence-corrected chi connectivity index (χ0v) is 15.5. The molecule has 1 aromatic heterocycles. The van der Waals surface area contributed by atoms with Gasteiger partial charge in [0.05, 0.1) is 5.56 Å². The van der Waals surface area contributed by atoms with Crippen molar-refractivity contribution in [1.82, 2.24) is 15.6 Å². The van der Waals surface area contributed by atoms with Gasteiger partial charge in [-0.25, -0.2) is 4.98 Å². The van der Waals surface area contributed by atoms with Gasteiger partial charge >= 0.3 is 0 Å². The van der Waals surface area contributed by atoms with Gasteiger partial charge in [0.2, 0.25) is 0 Å². The van der Waals surface area contributed by atoms with Gasteiger partial charge in [0, 0.05) is 31.9 Å². The van der Waals surface area contributed by atoms with Gasteiger partial charge in [0.15, 0.2) is 0 Å². The Morgan fingerprint density at radius 1 is 1.39 bits per heavy atom. The first-order valence-electron chi connectivity index (χ1n) is 7.97. The van der Waals surface area contributed by atoms with Crippen molar-refractivity contribution in [3.8, 4) is 0 Å². The van der Waals surface area contributed by atoms with Gasteiger partial charge in [-0.2, -0.15) is 0 Å². The maximum atomic E-state index is 12.1. The molecule has 1 unspecified atom stereocenters. The normalized spacial score (nSPS) is 16.2. The van der Waals surface area contributed by atoms with Crippen molar-refractivity contribution in [2.24, 2.45) is 0 Å². The van der Waals surface area contributed by atoms with Crippen LogP contribution in [0.2, 0.25) is 0 Å².